The summed E-state index contributed by atoms with van der Waals surface area (Å²) in [6, 6.07) is 0. The predicted molar refractivity (Wildman–Crippen MR) is 112 cm³/mol. The fourth-order valence-corrected chi connectivity index (χ4v) is 5.82. The van der Waals surface area contributed by atoms with Crippen LogP contribution in [0.1, 0.15) is 33.6 Å². The van der Waals surface area contributed by atoms with Gasteiger partial charge in [-0.3, -0.25) is 20.2 Å². The van der Waals surface area contributed by atoms with Gasteiger partial charge >= 0.3 is 5.97 Å². The molecule has 3 rings (SSSR count). The van der Waals surface area contributed by atoms with Crippen LogP contribution in [0.25, 0.3) is 0 Å². The molecule has 1 aromatic rings. The molecule has 1 saturated heterocycles. The van der Waals surface area contributed by atoms with Crippen LogP contribution in [0.15, 0.2) is 16.4 Å². The van der Waals surface area contributed by atoms with Gasteiger partial charge in [0.2, 0.25) is 16.8 Å². The Labute approximate surface area is 187 Å². The number of β-lactam (4-membered cyclic amide) rings is 1. The number of carbonyl (C=O) groups excluding carboxylic acids is 3. The summed E-state index contributed by atoms with van der Waals surface area (Å²) in [6.07, 6.45) is 0.378. The summed E-state index contributed by atoms with van der Waals surface area (Å²) in [5, 5.41) is 13.1. The number of methoxy groups -OCH3 is 1. The number of rotatable bonds is 8. The normalized spacial score (nSPS) is 24.5. The van der Waals surface area contributed by atoms with Crippen LogP contribution in [0, 0.1) is 0 Å². The van der Waals surface area contributed by atoms with Crippen LogP contribution in [0.2, 0.25) is 0 Å². The number of fused-ring (bicyclic) bond motifs is 1. The van der Waals surface area contributed by atoms with Gasteiger partial charge in [0, 0.05) is 24.5 Å². The zero-order valence-corrected chi connectivity index (χ0v) is 19.2. The summed E-state index contributed by atoms with van der Waals surface area (Å²) in [7, 11) is 1.35. The van der Waals surface area contributed by atoms with Gasteiger partial charge in [-0.25, -0.2) is 4.79 Å². The number of nitrogens with two attached hydrogens (primary N) is 2. The first-order chi connectivity index (χ1) is 14.5. The number of thioether (sulfide) groups is 2. The van der Waals surface area contributed by atoms with Crippen molar-refractivity contribution in [2.75, 3.05) is 12.9 Å². The molecule has 1 fully saturated rings. The summed E-state index contributed by atoms with van der Waals surface area (Å²) >= 11 is 2.58. The quantitative estimate of drug-likeness (QED) is 0.197. The number of esters is 1. The van der Waals surface area contributed by atoms with E-state index in [0.29, 0.717) is 22.9 Å². The van der Waals surface area contributed by atoms with E-state index in [0.717, 1.165) is 0 Å². The van der Waals surface area contributed by atoms with Crippen molar-refractivity contribution in [2.24, 2.45) is 11.5 Å². The van der Waals surface area contributed by atoms with Crippen LogP contribution in [0.4, 0.5) is 0 Å². The SMILES string of the molecule is CO[C@@]1(N)C(=O)N2C(C(=O)OC(C)(C)C)=C(C(CCC(N)=O)Sc3nn[nH]n3)CS[C@H]21. The number of aromatic amines is 1. The fourth-order valence-electron chi connectivity index (χ4n) is 3.23. The number of nitrogens with zero attached hydrogens (tertiary/aromatic N) is 4. The van der Waals surface area contributed by atoms with Crippen molar-refractivity contribution < 1.29 is 23.9 Å². The number of amides is 2. The van der Waals surface area contributed by atoms with E-state index in [1.807, 2.05) is 0 Å². The second-order valence-corrected chi connectivity index (χ2v) is 10.3. The van der Waals surface area contributed by atoms with Gasteiger partial charge in [0.1, 0.15) is 16.7 Å². The first-order valence-corrected chi connectivity index (χ1v) is 11.3. The second-order valence-electron chi connectivity index (χ2n) is 8.02. The molecular formula is C17H25N7O5S2. The minimum atomic E-state index is -1.52. The highest BCUT2D eigenvalue weighted by Gasteiger charge is 2.64. The molecule has 1 aromatic heterocycles. The molecule has 0 radical (unpaired) electrons. The van der Waals surface area contributed by atoms with E-state index >= 15 is 0 Å². The lowest BCUT2D eigenvalue weighted by molar-refractivity contribution is -0.184. The predicted octanol–water partition coefficient (Wildman–Crippen LogP) is -0.262. The third-order valence-corrected chi connectivity index (χ3v) is 7.18. The summed E-state index contributed by atoms with van der Waals surface area (Å²) in [5.74, 6) is -1.32. The zero-order valence-electron chi connectivity index (χ0n) is 17.6. The van der Waals surface area contributed by atoms with Gasteiger partial charge in [-0.1, -0.05) is 11.8 Å². The van der Waals surface area contributed by atoms with Crippen LogP contribution >= 0.6 is 23.5 Å². The molecule has 1 unspecified atom stereocenters. The molecule has 3 atom stereocenters. The van der Waals surface area contributed by atoms with Gasteiger partial charge in [0.15, 0.2) is 0 Å². The zero-order chi connectivity index (χ0) is 23.0. The van der Waals surface area contributed by atoms with Crippen molar-refractivity contribution in [3.05, 3.63) is 11.3 Å². The van der Waals surface area contributed by atoms with Crippen LogP contribution < -0.4 is 11.5 Å². The number of tetrazole rings is 1. The lowest BCUT2D eigenvalue weighted by Crippen LogP contribution is -2.79. The van der Waals surface area contributed by atoms with Gasteiger partial charge in [0.25, 0.3) is 5.91 Å². The molecule has 3 heterocycles. The van der Waals surface area contributed by atoms with Gasteiger partial charge in [-0.2, -0.15) is 5.21 Å². The largest absolute Gasteiger partial charge is 0.455 e. The van der Waals surface area contributed by atoms with E-state index in [1.165, 1.54) is 35.5 Å². The van der Waals surface area contributed by atoms with E-state index in [2.05, 4.69) is 20.6 Å². The maximum absolute atomic E-state index is 13.2. The lowest BCUT2D eigenvalue weighted by Gasteiger charge is -2.54. The molecule has 5 N–H and O–H groups in total. The smallest absolute Gasteiger partial charge is 0.355 e. The number of nitrogens with one attached hydrogen (secondary N) is 1. The molecule has 12 nitrogen and oxygen atoms in total. The molecule has 0 bridgehead atoms. The molecule has 2 aliphatic rings. The molecule has 170 valence electrons. The van der Waals surface area contributed by atoms with Crippen LogP contribution in [0.5, 0.6) is 0 Å². The minimum absolute atomic E-state index is 0.0710. The highest BCUT2D eigenvalue weighted by Crippen LogP contribution is 2.48. The minimum Gasteiger partial charge on any atom is -0.455 e. The average Bonchev–Trinajstić information content (AvgIpc) is 3.20. The first-order valence-electron chi connectivity index (χ1n) is 9.42. The van der Waals surface area contributed by atoms with Gasteiger partial charge in [-0.15, -0.1) is 22.0 Å². The molecule has 0 spiro atoms. The summed E-state index contributed by atoms with van der Waals surface area (Å²) < 4.78 is 10.8. The molecule has 14 heteroatoms. The van der Waals surface area contributed by atoms with E-state index in [9.17, 15) is 14.4 Å². The third-order valence-electron chi connectivity index (χ3n) is 4.64. The Morgan fingerprint density at radius 1 is 1.45 bits per heavy atom. The average molecular weight is 472 g/mol. The third kappa shape index (κ3) is 4.71. The summed E-state index contributed by atoms with van der Waals surface area (Å²) in [6.45, 7) is 5.21. The Kier molecular flexibility index (Phi) is 6.64. The van der Waals surface area contributed by atoms with Crippen LogP contribution in [-0.2, 0) is 23.9 Å². The lowest BCUT2D eigenvalue weighted by atomic mass is 9.97. The maximum Gasteiger partial charge on any atom is 0.355 e. The van der Waals surface area contributed by atoms with Crippen molar-refractivity contribution in [3.63, 3.8) is 0 Å². The number of H-pyrrole nitrogens is 1. The first kappa shape index (κ1) is 23.5. The van der Waals surface area contributed by atoms with Crippen molar-refractivity contribution in [3.8, 4) is 0 Å². The molecule has 0 aliphatic carbocycles. The van der Waals surface area contributed by atoms with Gasteiger partial charge in [-0.05, 0) is 38.0 Å². The van der Waals surface area contributed by atoms with Crippen molar-refractivity contribution in [2.45, 2.75) is 60.7 Å². The van der Waals surface area contributed by atoms with E-state index < -0.39 is 39.7 Å². The van der Waals surface area contributed by atoms with E-state index in [-0.39, 0.29) is 12.1 Å². The van der Waals surface area contributed by atoms with E-state index in [1.54, 1.807) is 20.8 Å². The monoisotopic (exact) mass is 471 g/mol. The number of carbonyl (C=O) groups is 3. The fraction of sp³-hybridized carbons (Fsp3) is 0.647. The van der Waals surface area contributed by atoms with Crippen molar-refractivity contribution >= 4 is 41.3 Å². The standard InChI is InChI=1S/C17H25N7O5S2/c1-16(2,3)29-12(26)11-8(7-30-14-17(19,28-4)13(27)24(11)14)9(5-6-10(18)25)31-15-20-22-23-21-15/h9,14H,5-7,19H2,1-4H3,(H2,18,25)(H,20,21,22,23)/t9?,14-,17-/m0/s1. The highest BCUT2D eigenvalue weighted by molar-refractivity contribution is 8.01. The van der Waals surface area contributed by atoms with Gasteiger partial charge in [0.05, 0.1) is 0 Å². The van der Waals surface area contributed by atoms with E-state index in [4.69, 9.17) is 20.9 Å². The number of aromatic nitrogens is 4. The molecule has 2 amide bonds. The number of primary amides is 1. The topological polar surface area (TPSA) is 179 Å². The Balaban J connectivity index is 2.04. The van der Waals surface area contributed by atoms with Crippen molar-refractivity contribution in [1.29, 1.82) is 0 Å². The van der Waals surface area contributed by atoms with Crippen LogP contribution in [-0.4, -0.2) is 78.1 Å². The number of ether oxygens (including phenoxy) is 2. The van der Waals surface area contributed by atoms with Gasteiger partial charge < -0.3 is 15.2 Å². The van der Waals surface area contributed by atoms with Crippen LogP contribution in [0.3, 0.4) is 0 Å². The Morgan fingerprint density at radius 3 is 2.71 bits per heavy atom. The highest BCUT2D eigenvalue weighted by atomic mass is 32.2. The maximum atomic E-state index is 13.2. The molecule has 2 aliphatic heterocycles. The Bertz CT molecular complexity index is 901. The summed E-state index contributed by atoms with van der Waals surface area (Å²) in [4.78, 5) is 38.8. The number of hydrogen-bond donors (Lipinski definition) is 3. The van der Waals surface area contributed by atoms with Crippen molar-refractivity contribution in [1.82, 2.24) is 25.5 Å². The Morgan fingerprint density at radius 2 is 2.16 bits per heavy atom. The molecule has 31 heavy (non-hydrogen) atoms. The second kappa shape index (κ2) is 8.76. The summed E-state index contributed by atoms with van der Waals surface area (Å²) in [5.41, 5.74) is 9.87. The molecule has 0 aromatic carbocycles. The number of hydrogen-bond acceptors (Lipinski definition) is 11. The molecule has 0 saturated carbocycles. The Hall–Kier alpha value is -2.16. The molecular weight excluding hydrogens is 446 g/mol.